The molecule has 0 bridgehead atoms. The Hall–Kier alpha value is -3.44. The minimum atomic E-state index is -0.792. The number of nitrogens with zero attached hydrogens (tertiary/aromatic N) is 2. The van der Waals surface area contributed by atoms with Gasteiger partial charge in [-0.05, 0) is 84.8 Å². The van der Waals surface area contributed by atoms with Gasteiger partial charge in [0.2, 0.25) is 0 Å². The van der Waals surface area contributed by atoms with E-state index in [1.807, 2.05) is 81.4 Å². The molecule has 202 valence electrons. The predicted octanol–water partition coefficient (Wildman–Crippen LogP) is 5.94. The molecule has 1 aromatic heterocycles. The first kappa shape index (κ1) is 27.1. The first-order valence-corrected chi connectivity index (χ1v) is 14.0. The van der Waals surface area contributed by atoms with Crippen LogP contribution in [0.4, 0.5) is 4.79 Å². The maximum absolute atomic E-state index is 13.7. The fourth-order valence-corrected chi connectivity index (χ4v) is 5.08. The third-order valence-electron chi connectivity index (χ3n) is 6.43. The van der Waals surface area contributed by atoms with Crippen LogP contribution in [0.5, 0.6) is 5.75 Å². The van der Waals surface area contributed by atoms with Crippen LogP contribution in [-0.2, 0) is 16.0 Å². The maximum Gasteiger partial charge on any atom is 0.325 e. The molecule has 4 aromatic rings. The summed E-state index contributed by atoms with van der Waals surface area (Å²) >= 11 is 2.25. The van der Waals surface area contributed by atoms with Crippen LogP contribution in [-0.4, -0.2) is 45.6 Å². The highest BCUT2D eigenvalue weighted by Crippen LogP contribution is 2.33. The maximum atomic E-state index is 13.7. The van der Waals surface area contributed by atoms with E-state index in [2.05, 4.69) is 32.9 Å². The lowest BCUT2D eigenvalue weighted by Crippen LogP contribution is -2.36. The Morgan fingerprint density at radius 1 is 1.00 bits per heavy atom. The first-order chi connectivity index (χ1) is 18.7. The standard InChI is InChI=1S/C30H31IN4O4/c1-30(2,3)39-16-15-38-22-12-9-20(10-13-22)26-28(36)35(29(37)34-26)25(17-19-7-5-4-6-8-19)27-32-23-14-11-21(31)18-24(23)33-27/h4-14,18,25-26H,15-17H2,1-3H3,(H,32,33)(H,34,37)/t25-,26?/m0/s1. The van der Waals surface area contributed by atoms with Gasteiger partial charge in [-0.1, -0.05) is 42.5 Å². The summed E-state index contributed by atoms with van der Waals surface area (Å²) in [6.07, 6.45) is 0.438. The van der Waals surface area contributed by atoms with Crippen LogP contribution in [0.1, 0.15) is 49.8 Å². The molecule has 1 aliphatic rings. The van der Waals surface area contributed by atoms with Gasteiger partial charge in [0.25, 0.3) is 5.91 Å². The smallest absolute Gasteiger partial charge is 0.325 e. The normalized spacial score (nSPS) is 16.5. The number of hydrogen-bond acceptors (Lipinski definition) is 5. The zero-order chi connectivity index (χ0) is 27.6. The Morgan fingerprint density at radius 2 is 1.74 bits per heavy atom. The van der Waals surface area contributed by atoms with Gasteiger partial charge in [-0.25, -0.2) is 9.78 Å². The molecule has 0 saturated carbocycles. The number of aromatic amines is 1. The van der Waals surface area contributed by atoms with Gasteiger partial charge in [0.15, 0.2) is 0 Å². The Labute approximate surface area is 241 Å². The number of imidazole rings is 1. The number of aromatic nitrogens is 2. The minimum absolute atomic E-state index is 0.223. The second kappa shape index (κ2) is 11.4. The fraction of sp³-hybridized carbons (Fsp3) is 0.300. The van der Waals surface area contributed by atoms with Crippen LogP contribution in [0.2, 0.25) is 0 Å². The topological polar surface area (TPSA) is 96.6 Å². The highest BCUT2D eigenvalue weighted by Gasteiger charge is 2.44. The highest BCUT2D eigenvalue weighted by molar-refractivity contribution is 14.1. The van der Waals surface area contributed by atoms with Crippen molar-refractivity contribution in [2.75, 3.05) is 13.2 Å². The Balaban J connectivity index is 1.36. The van der Waals surface area contributed by atoms with E-state index in [0.717, 1.165) is 20.2 Å². The minimum Gasteiger partial charge on any atom is -0.491 e. The Morgan fingerprint density at radius 3 is 2.46 bits per heavy atom. The van der Waals surface area contributed by atoms with Gasteiger partial charge in [-0.3, -0.25) is 9.69 Å². The van der Waals surface area contributed by atoms with Crippen LogP contribution in [0.3, 0.4) is 0 Å². The molecule has 8 nitrogen and oxygen atoms in total. The lowest BCUT2D eigenvalue weighted by Gasteiger charge is -2.24. The molecule has 9 heteroatoms. The molecule has 0 spiro atoms. The van der Waals surface area contributed by atoms with Crippen molar-refractivity contribution >= 4 is 45.6 Å². The van der Waals surface area contributed by atoms with Gasteiger partial charge < -0.3 is 19.8 Å². The van der Waals surface area contributed by atoms with E-state index in [0.29, 0.717) is 36.8 Å². The third-order valence-corrected chi connectivity index (χ3v) is 7.10. The number of ether oxygens (including phenoxy) is 2. The largest absolute Gasteiger partial charge is 0.491 e. The number of imide groups is 1. The Kier molecular flexibility index (Phi) is 7.90. The van der Waals surface area contributed by atoms with Gasteiger partial charge in [-0.2, -0.15) is 0 Å². The summed E-state index contributed by atoms with van der Waals surface area (Å²) in [4.78, 5) is 36.4. The number of nitrogens with one attached hydrogen (secondary N) is 2. The number of rotatable bonds is 9. The summed E-state index contributed by atoms with van der Waals surface area (Å²) in [5.74, 6) is 0.924. The van der Waals surface area contributed by atoms with Crippen molar-refractivity contribution < 1.29 is 19.1 Å². The van der Waals surface area contributed by atoms with E-state index in [1.54, 1.807) is 12.1 Å². The lowest BCUT2D eigenvalue weighted by atomic mass is 10.0. The van der Waals surface area contributed by atoms with Crippen molar-refractivity contribution in [2.45, 2.75) is 44.9 Å². The number of urea groups is 1. The second-order valence-electron chi connectivity index (χ2n) is 10.5. The summed E-state index contributed by atoms with van der Waals surface area (Å²) in [5, 5.41) is 2.87. The van der Waals surface area contributed by atoms with Crippen molar-refractivity contribution in [3.8, 4) is 5.75 Å². The molecule has 0 radical (unpaired) electrons. The summed E-state index contributed by atoms with van der Waals surface area (Å²) in [5.41, 5.74) is 3.11. The molecule has 1 fully saturated rings. The molecule has 0 aliphatic carbocycles. The van der Waals surface area contributed by atoms with Crippen LogP contribution >= 0.6 is 22.6 Å². The second-order valence-corrected chi connectivity index (χ2v) is 11.7. The number of hydrogen-bond donors (Lipinski definition) is 2. The number of fused-ring (bicyclic) bond motifs is 1. The highest BCUT2D eigenvalue weighted by atomic mass is 127. The summed E-state index contributed by atoms with van der Waals surface area (Å²) < 4.78 is 12.5. The molecule has 3 amide bonds. The van der Waals surface area contributed by atoms with Gasteiger partial charge in [0.05, 0.1) is 23.2 Å². The first-order valence-electron chi connectivity index (χ1n) is 12.9. The molecule has 2 N–H and O–H groups in total. The van der Waals surface area contributed by atoms with E-state index in [-0.39, 0.29) is 11.5 Å². The van der Waals surface area contributed by atoms with Crippen molar-refractivity contribution in [1.29, 1.82) is 0 Å². The van der Waals surface area contributed by atoms with E-state index in [9.17, 15) is 9.59 Å². The van der Waals surface area contributed by atoms with Crippen LogP contribution in [0.25, 0.3) is 11.0 Å². The molecule has 2 heterocycles. The van der Waals surface area contributed by atoms with E-state index in [4.69, 9.17) is 14.5 Å². The van der Waals surface area contributed by atoms with E-state index < -0.39 is 18.1 Å². The monoisotopic (exact) mass is 638 g/mol. The van der Waals surface area contributed by atoms with Crippen molar-refractivity contribution in [3.63, 3.8) is 0 Å². The summed E-state index contributed by atoms with van der Waals surface area (Å²) in [6, 6.07) is 21.1. The average Bonchev–Trinajstić information content (AvgIpc) is 3.45. The summed E-state index contributed by atoms with van der Waals surface area (Å²) in [7, 11) is 0. The summed E-state index contributed by atoms with van der Waals surface area (Å²) in [6.45, 7) is 6.88. The number of benzene rings is 3. The number of amides is 3. The molecule has 39 heavy (non-hydrogen) atoms. The molecule has 1 unspecified atom stereocenters. The fourth-order valence-electron chi connectivity index (χ4n) is 4.59. The van der Waals surface area contributed by atoms with Crippen molar-refractivity contribution in [1.82, 2.24) is 20.2 Å². The SMILES string of the molecule is CC(C)(C)OCCOc1ccc(C2NC(=O)N([C@@H](Cc3ccccc3)c3nc4ccc(I)cc4[nH]3)C2=O)cc1. The van der Waals surface area contributed by atoms with Crippen LogP contribution in [0.15, 0.2) is 72.8 Å². The molecule has 1 saturated heterocycles. The molecule has 5 rings (SSSR count). The van der Waals surface area contributed by atoms with Gasteiger partial charge >= 0.3 is 6.03 Å². The number of H-pyrrole nitrogens is 1. The van der Waals surface area contributed by atoms with E-state index in [1.165, 1.54) is 4.90 Å². The van der Waals surface area contributed by atoms with Crippen molar-refractivity contribution in [2.24, 2.45) is 0 Å². The van der Waals surface area contributed by atoms with Gasteiger partial charge in [0.1, 0.15) is 30.3 Å². The third kappa shape index (κ3) is 6.42. The Bertz CT molecular complexity index is 1460. The lowest BCUT2D eigenvalue weighted by molar-refractivity contribution is -0.129. The number of carbonyl (C=O) groups is 2. The average molecular weight is 639 g/mol. The zero-order valence-corrected chi connectivity index (χ0v) is 24.3. The van der Waals surface area contributed by atoms with Gasteiger partial charge in [-0.15, -0.1) is 0 Å². The van der Waals surface area contributed by atoms with Crippen molar-refractivity contribution in [3.05, 3.63) is 93.3 Å². The van der Waals surface area contributed by atoms with E-state index >= 15 is 0 Å². The molecule has 3 aromatic carbocycles. The van der Waals surface area contributed by atoms with Crippen LogP contribution < -0.4 is 10.1 Å². The quantitative estimate of drug-likeness (QED) is 0.135. The zero-order valence-electron chi connectivity index (χ0n) is 22.1. The van der Waals surface area contributed by atoms with Gasteiger partial charge in [0, 0.05) is 9.99 Å². The number of halogens is 1. The predicted molar refractivity (Wildman–Crippen MR) is 157 cm³/mol. The molecule has 1 aliphatic heterocycles. The molecular formula is C30H31IN4O4. The van der Waals surface area contributed by atoms with Crippen LogP contribution in [0, 0.1) is 3.57 Å². The number of carbonyl (C=O) groups excluding carboxylic acids is 2. The molecule has 2 atom stereocenters. The molecular weight excluding hydrogens is 607 g/mol.